The van der Waals surface area contributed by atoms with Gasteiger partial charge in [0, 0.05) is 13.6 Å². The number of hydrogen-bond acceptors (Lipinski definition) is 6. The van der Waals surface area contributed by atoms with Gasteiger partial charge in [0.25, 0.3) is 5.91 Å². The van der Waals surface area contributed by atoms with Crippen molar-refractivity contribution in [2.24, 2.45) is 0 Å². The Hall–Kier alpha value is -1.68. The first-order chi connectivity index (χ1) is 6.65. The second-order valence-electron chi connectivity index (χ2n) is 2.58. The number of carbonyl (C=O) groups is 1. The molecule has 1 heterocycles. The van der Waals surface area contributed by atoms with E-state index in [0.29, 0.717) is 13.0 Å². The van der Waals surface area contributed by atoms with Gasteiger partial charge in [-0.2, -0.15) is 5.26 Å². The Labute approximate surface area is 85.0 Å². The third kappa shape index (κ3) is 2.40. The van der Waals surface area contributed by atoms with Crippen LogP contribution in [0.2, 0.25) is 0 Å². The van der Waals surface area contributed by atoms with E-state index in [0.717, 1.165) is 11.3 Å². The van der Waals surface area contributed by atoms with E-state index in [1.165, 1.54) is 4.90 Å². The molecule has 0 spiro atoms. The molecule has 1 aromatic heterocycles. The number of rotatable bonds is 3. The predicted octanol–water partition coefficient (Wildman–Crippen LogP) is 0.106. The van der Waals surface area contributed by atoms with E-state index in [9.17, 15) is 4.79 Å². The van der Waals surface area contributed by atoms with Crippen LogP contribution in [-0.2, 0) is 0 Å². The number of anilines is 1. The topological polar surface area (TPSA) is 95.9 Å². The third-order valence-corrected chi connectivity index (χ3v) is 2.27. The monoisotopic (exact) mass is 211 g/mol. The van der Waals surface area contributed by atoms with Crippen LogP contribution in [0.1, 0.15) is 16.2 Å². The first-order valence-corrected chi connectivity index (χ1v) is 4.68. The van der Waals surface area contributed by atoms with Crippen molar-refractivity contribution in [2.75, 3.05) is 19.3 Å². The molecule has 0 saturated heterocycles. The average Bonchev–Trinajstić information content (AvgIpc) is 2.60. The van der Waals surface area contributed by atoms with Crippen molar-refractivity contribution in [1.29, 1.82) is 5.26 Å². The van der Waals surface area contributed by atoms with Crippen LogP contribution in [0.5, 0.6) is 0 Å². The molecule has 1 amide bonds. The number of amides is 1. The standard InChI is InChI=1S/C7H9N5OS/c1-12(4-2-3-8)6(13)5-10-11-7(9)14-5/h2,4H2,1H3,(H2,9,11). The fourth-order valence-corrected chi connectivity index (χ4v) is 1.41. The highest BCUT2D eigenvalue weighted by molar-refractivity contribution is 7.16. The predicted molar refractivity (Wildman–Crippen MR) is 51.5 cm³/mol. The zero-order valence-electron chi connectivity index (χ0n) is 7.60. The maximum atomic E-state index is 11.5. The number of nitriles is 1. The van der Waals surface area contributed by atoms with Crippen LogP contribution >= 0.6 is 11.3 Å². The van der Waals surface area contributed by atoms with E-state index in [2.05, 4.69) is 10.2 Å². The molecule has 0 bridgehead atoms. The highest BCUT2D eigenvalue weighted by Gasteiger charge is 2.15. The summed E-state index contributed by atoms with van der Waals surface area (Å²) in [7, 11) is 1.61. The molecule has 1 aromatic rings. The number of aromatic nitrogens is 2. The van der Waals surface area contributed by atoms with Crippen molar-refractivity contribution < 1.29 is 4.79 Å². The van der Waals surface area contributed by atoms with E-state index < -0.39 is 0 Å². The molecule has 0 aliphatic heterocycles. The van der Waals surface area contributed by atoms with Crippen LogP contribution in [0.25, 0.3) is 0 Å². The summed E-state index contributed by atoms with van der Waals surface area (Å²) >= 11 is 1.04. The minimum Gasteiger partial charge on any atom is -0.374 e. The lowest BCUT2D eigenvalue weighted by Crippen LogP contribution is -2.27. The summed E-state index contributed by atoms with van der Waals surface area (Å²) < 4.78 is 0. The summed E-state index contributed by atoms with van der Waals surface area (Å²) in [4.78, 5) is 13.0. The molecule has 2 N–H and O–H groups in total. The molecule has 0 fully saturated rings. The minimum absolute atomic E-state index is 0.253. The Bertz CT molecular complexity index is 368. The van der Waals surface area contributed by atoms with Gasteiger partial charge in [-0.1, -0.05) is 11.3 Å². The Balaban J connectivity index is 2.62. The van der Waals surface area contributed by atoms with Gasteiger partial charge in [-0.15, -0.1) is 10.2 Å². The Morgan fingerprint density at radius 3 is 2.93 bits per heavy atom. The number of nitrogen functional groups attached to an aromatic ring is 1. The van der Waals surface area contributed by atoms with Crippen LogP contribution in [0, 0.1) is 11.3 Å². The molecule has 7 heteroatoms. The molecule has 0 radical (unpaired) electrons. The smallest absolute Gasteiger partial charge is 0.284 e. The van der Waals surface area contributed by atoms with Crippen LogP contribution in [0.3, 0.4) is 0 Å². The molecule has 0 unspecified atom stereocenters. The summed E-state index contributed by atoms with van der Waals surface area (Å²) in [6, 6.07) is 1.96. The SMILES string of the molecule is CN(CCC#N)C(=O)c1nnc(N)s1. The molecule has 14 heavy (non-hydrogen) atoms. The van der Waals surface area contributed by atoms with Gasteiger partial charge < -0.3 is 10.6 Å². The Morgan fingerprint density at radius 1 is 1.71 bits per heavy atom. The molecule has 0 aliphatic carbocycles. The summed E-state index contributed by atoms with van der Waals surface area (Å²) in [5.41, 5.74) is 5.34. The zero-order chi connectivity index (χ0) is 10.6. The second-order valence-corrected chi connectivity index (χ2v) is 3.59. The van der Waals surface area contributed by atoms with Gasteiger partial charge >= 0.3 is 0 Å². The van der Waals surface area contributed by atoms with Crippen LogP contribution in [-0.4, -0.2) is 34.6 Å². The van der Waals surface area contributed by atoms with Crippen molar-refractivity contribution >= 4 is 22.4 Å². The first-order valence-electron chi connectivity index (χ1n) is 3.86. The van der Waals surface area contributed by atoms with Crippen molar-refractivity contribution in [1.82, 2.24) is 15.1 Å². The lowest BCUT2D eigenvalue weighted by atomic mass is 10.4. The largest absolute Gasteiger partial charge is 0.374 e. The van der Waals surface area contributed by atoms with Crippen molar-refractivity contribution in [2.45, 2.75) is 6.42 Å². The van der Waals surface area contributed by atoms with Gasteiger partial charge in [0.15, 0.2) is 0 Å². The molecule has 0 atom stereocenters. The van der Waals surface area contributed by atoms with Gasteiger partial charge in [-0.25, -0.2) is 0 Å². The van der Waals surface area contributed by atoms with E-state index in [1.807, 2.05) is 6.07 Å². The van der Waals surface area contributed by atoms with Crippen molar-refractivity contribution in [3.8, 4) is 6.07 Å². The number of carbonyl (C=O) groups excluding carboxylic acids is 1. The highest BCUT2D eigenvalue weighted by atomic mass is 32.1. The number of hydrogen-bond donors (Lipinski definition) is 1. The van der Waals surface area contributed by atoms with E-state index in [1.54, 1.807) is 7.05 Å². The molecule has 6 nitrogen and oxygen atoms in total. The molecular formula is C7H9N5OS. The van der Waals surface area contributed by atoms with E-state index in [-0.39, 0.29) is 16.0 Å². The Morgan fingerprint density at radius 2 is 2.43 bits per heavy atom. The fourth-order valence-electron chi connectivity index (χ4n) is 0.804. The van der Waals surface area contributed by atoms with Gasteiger partial charge in [-0.05, 0) is 0 Å². The summed E-state index contributed by atoms with van der Waals surface area (Å²) in [6.07, 6.45) is 0.302. The van der Waals surface area contributed by atoms with Crippen LogP contribution < -0.4 is 5.73 Å². The highest BCUT2D eigenvalue weighted by Crippen LogP contribution is 2.12. The van der Waals surface area contributed by atoms with Gasteiger partial charge in [0.2, 0.25) is 10.1 Å². The van der Waals surface area contributed by atoms with Gasteiger partial charge in [0.1, 0.15) is 0 Å². The summed E-state index contributed by atoms with van der Waals surface area (Å²) in [6.45, 7) is 0.384. The summed E-state index contributed by atoms with van der Waals surface area (Å²) in [5.74, 6) is -0.255. The van der Waals surface area contributed by atoms with Crippen molar-refractivity contribution in [3.05, 3.63) is 5.01 Å². The minimum atomic E-state index is -0.255. The quantitative estimate of drug-likeness (QED) is 0.765. The third-order valence-electron chi connectivity index (χ3n) is 1.53. The molecule has 1 rings (SSSR count). The van der Waals surface area contributed by atoms with E-state index in [4.69, 9.17) is 11.0 Å². The lowest BCUT2D eigenvalue weighted by molar-refractivity contribution is 0.0797. The van der Waals surface area contributed by atoms with Gasteiger partial charge in [-0.3, -0.25) is 4.79 Å². The molecular weight excluding hydrogens is 202 g/mol. The normalized spacial score (nSPS) is 9.43. The first kappa shape index (κ1) is 10.4. The maximum absolute atomic E-state index is 11.5. The van der Waals surface area contributed by atoms with Gasteiger partial charge in [0.05, 0.1) is 12.5 Å². The number of nitrogens with two attached hydrogens (primary N) is 1. The van der Waals surface area contributed by atoms with Crippen molar-refractivity contribution in [3.63, 3.8) is 0 Å². The summed E-state index contributed by atoms with van der Waals surface area (Å²) in [5, 5.41) is 16.0. The molecule has 0 aliphatic rings. The lowest BCUT2D eigenvalue weighted by Gasteiger charge is -2.12. The zero-order valence-corrected chi connectivity index (χ0v) is 8.41. The molecule has 0 aromatic carbocycles. The number of nitrogens with zero attached hydrogens (tertiary/aromatic N) is 4. The van der Waals surface area contributed by atoms with E-state index >= 15 is 0 Å². The average molecular weight is 211 g/mol. The van der Waals surface area contributed by atoms with Crippen LogP contribution in [0.4, 0.5) is 5.13 Å². The molecule has 74 valence electrons. The maximum Gasteiger partial charge on any atom is 0.284 e. The fraction of sp³-hybridized carbons (Fsp3) is 0.429. The Kier molecular flexibility index (Phi) is 3.36. The second kappa shape index (κ2) is 4.53. The van der Waals surface area contributed by atoms with Crippen LogP contribution in [0.15, 0.2) is 0 Å². The molecule has 0 saturated carbocycles.